The molecule has 0 atom stereocenters. The molecule has 122 valence electrons. The number of fused-ring (bicyclic) bond motifs is 1. The maximum atomic E-state index is 5.03. The minimum absolute atomic E-state index is 0.932. The Hall–Kier alpha value is -1.84. The van der Waals surface area contributed by atoms with Gasteiger partial charge in [0.05, 0.1) is 5.52 Å². The van der Waals surface area contributed by atoms with Crippen molar-refractivity contribution in [3.8, 4) is 0 Å². The molecule has 3 heterocycles. The van der Waals surface area contributed by atoms with Gasteiger partial charge in [-0.05, 0) is 57.6 Å². The number of hydrogen-bond acceptors (Lipinski definition) is 4. The molecule has 0 N–H and O–H groups in total. The third kappa shape index (κ3) is 2.99. The summed E-state index contributed by atoms with van der Waals surface area (Å²) in [6, 6.07) is 6.57. The van der Waals surface area contributed by atoms with Gasteiger partial charge in [0.25, 0.3) is 0 Å². The summed E-state index contributed by atoms with van der Waals surface area (Å²) >= 11 is 0. The van der Waals surface area contributed by atoms with E-state index in [-0.39, 0.29) is 0 Å². The molecular formula is C19H26N4. The zero-order valence-electron chi connectivity index (χ0n) is 14.1. The lowest BCUT2D eigenvalue weighted by atomic mass is 10.1. The van der Waals surface area contributed by atoms with Crippen molar-refractivity contribution in [2.45, 2.75) is 45.4 Å². The van der Waals surface area contributed by atoms with Crippen LogP contribution in [0.2, 0.25) is 0 Å². The fourth-order valence-corrected chi connectivity index (χ4v) is 3.80. The van der Waals surface area contributed by atoms with Gasteiger partial charge >= 0.3 is 0 Å². The Labute approximate surface area is 138 Å². The van der Waals surface area contributed by atoms with Crippen LogP contribution in [0.25, 0.3) is 10.9 Å². The van der Waals surface area contributed by atoms with Crippen LogP contribution in [0.15, 0.2) is 18.2 Å². The summed E-state index contributed by atoms with van der Waals surface area (Å²) in [4.78, 5) is 14.8. The molecule has 0 aliphatic carbocycles. The standard InChI is InChI=1S/C19H26N4/c1-15-8-9-17-16(14-15)18(22-10-4-2-5-11-22)21-19(20-17)23-12-6-3-7-13-23/h8-9,14H,2-7,10-13H2,1H3. The van der Waals surface area contributed by atoms with Crippen LogP contribution in [0.1, 0.15) is 44.1 Å². The molecule has 2 aliphatic rings. The van der Waals surface area contributed by atoms with E-state index < -0.39 is 0 Å². The average molecular weight is 310 g/mol. The predicted molar refractivity (Wildman–Crippen MR) is 96.4 cm³/mol. The molecule has 1 aromatic heterocycles. The Morgan fingerprint density at radius 2 is 1.43 bits per heavy atom. The van der Waals surface area contributed by atoms with Gasteiger partial charge in [0, 0.05) is 31.6 Å². The topological polar surface area (TPSA) is 32.3 Å². The molecule has 1 aromatic carbocycles. The lowest BCUT2D eigenvalue weighted by molar-refractivity contribution is 0.562. The van der Waals surface area contributed by atoms with Crippen LogP contribution in [0.5, 0.6) is 0 Å². The molecular weight excluding hydrogens is 284 g/mol. The molecule has 4 rings (SSSR count). The van der Waals surface area contributed by atoms with Crippen LogP contribution in [-0.4, -0.2) is 36.1 Å². The fraction of sp³-hybridized carbons (Fsp3) is 0.579. The molecule has 0 bridgehead atoms. The highest BCUT2D eigenvalue weighted by molar-refractivity contribution is 5.91. The number of piperidine rings is 2. The molecule has 2 aromatic rings. The Balaban J connectivity index is 1.80. The Kier molecular flexibility index (Phi) is 4.06. The second-order valence-electron chi connectivity index (χ2n) is 6.96. The van der Waals surface area contributed by atoms with Crippen molar-refractivity contribution in [2.75, 3.05) is 36.0 Å². The third-order valence-electron chi connectivity index (χ3n) is 5.11. The molecule has 0 spiro atoms. The molecule has 0 unspecified atom stereocenters. The minimum Gasteiger partial charge on any atom is -0.356 e. The van der Waals surface area contributed by atoms with Crippen molar-refractivity contribution < 1.29 is 0 Å². The van der Waals surface area contributed by atoms with E-state index in [0.29, 0.717) is 0 Å². The highest BCUT2D eigenvalue weighted by atomic mass is 15.3. The highest BCUT2D eigenvalue weighted by Crippen LogP contribution is 2.30. The average Bonchev–Trinajstić information content (AvgIpc) is 2.62. The van der Waals surface area contributed by atoms with Crippen molar-refractivity contribution >= 4 is 22.7 Å². The quantitative estimate of drug-likeness (QED) is 0.841. The zero-order valence-corrected chi connectivity index (χ0v) is 14.1. The van der Waals surface area contributed by atoms with Crippen molar-refractivity contribution in [1.29, 1.82) is 0 Å². The summed E-state index contributed by atoms with van der Waals surface area (Å²) < 4.78 is 0. The second-order valence-corrected chi connectivity index (χ2v) is 6.96. The van der Waals surface area contributed by atoms with E-state index in [0.717, 1.165) is 43.5 Å². The van der Waals surface area contributed by atoms with Gasteiger partial charge in [-0.25, -0.2) is 4.98 Å². The number of anilines is 2. The van der Waals surface area contributed by atoms with Crippen molar-refractivity contribution in [1.82, 2.24) is 9.97 Å². The van der Waals surface area contributed by atoms with E-state index in [2.05, 4.69) is 34.9 Å². The van der Waals surface area contributed by atoms with Gasteiger partial charge in [-0.15, -0.1) is 0 Å². The normalized spacial score (nSPS) is 19.3. The summed E-state index contributed by atoms with van der Waals surface area (Å²) in [5.41, 5.74) is 2.37. The molecule has 0 saturated carbocycles. The van der Waals surface area contributed by atoms with Crippen LogP contribution in [0.4, 0.5) is 11.8 Å². The van der Waals surface area contributed by atoms with Gasteiger partial charge in [-0.1, -0.05) is 11.6 Å². The van der Waals surface area contributed by atoms with Gasteiger partial charge in [-0.3, -0.25) is 0 Å². The monoisotopic (exact) mass is 310 g/mol. The van der Waals surface area contributed by atoms with Crippen LogP contribution in [-0.2, 0) is 0 Å². The first-order valence-corrected chi connectivity index (χ1v) is 9.09. The third-order valence-corrected chi connectivity index (χ3v) is 5.11. The van der Waals surface area contributed by atoms with E-state index in [1.54, 1.807) is 0 Å². The minimum atomic E-state index is 0.932. The largest absolute Gasteiger partial charge is 0.356 e. The first kappa shape index (κ1) is 14.7. The molecule has 2 saturated heterocycles. The summed E-state index contributed by atoms with van der Waals surface area (Å²) in [6.07, 6.45) is 7.75. The summed E-state index contributed by atoms with van der Waals surface area (Å²) in [6.45, 7) is 6.59. The zero-order chi connectivity index (χ0) is 15.6. The molecule has 23 heavy (non-hydrogen) atoms. The fourth-order valence-electron chi connectivity index (χ4n) is 3.80. The van der Waals surface area contributed by atoms with Gasteiger partial charge in [0.2, 0.25) is 5.95 Å². The van der Waals surface area contributed by atoms with E-state index >= 15 is 0 Å². The number of benzene rings is 1. The molecule has 2 aliphatic heterocycles. The van der Waals surface area contributed by atoms with Gasteiger partial charge in [-0.2, -0.15) is 4.98 Å². The highest BCUT2D eigenvalue weighted by Gasteiger charge is 2.20. The number of rotatable bonds is 2. The summed E-state index contributed by atoms with van der Waals surface area (Å²) in [5, 5.41) is 1.22. The number of nitrogens with zero attached hydrogens (tertiary/aromatic N) is 4. The van der Waals surface area contributed by atoms with E-state index in [1.807, 2.05) is 0 Å². The lowest BCUT2D eigenvalue weighted by Crippen LogP contribution is -2.33. The van der Waals surface area contributed by atoms with Crippen molar-refractivity contribution in [3.05, 3.63) is 23.8 Å². The van der Waals surface area contributed by atoms with Crippen LogP contribution in [0, 0.1) is 6.92 Å². The smallest absolute Gasteiger partial charge is 0.227 e. The number of aromatic nitrogens is 2. The molecule has 2 fully saturated rings. The molecule has 4 nitrogen and oxygen atoms in total. The van der Waals surface area contributed by atoms with E-state index in [1.165, 1.54) is 49.5 Å². The summed E-state index contributed by atoms with van der Waals surface area (Å²) in [7, 11) is 0. The molecule has 0 amide bonds. The Morgan fingerprint density at radius 1 is 0.783 bits per heavy atom. The van der Waals surface area contributed by atoms with Crippen LogP contribution in [0.3, 0.4) is 0 Å². The van der Waals surface area contributed by atoms with Crippen molar-refractivity contribution in [2.24, 2.45) is 0 Å². The first-order valence-electron chi connectivity index (χ1n) is 9.09. The van der Waals surface area contributed by atoms with Crippen LogP contribution < -0.4 is 9.80 Å². The van der Waals surface area contributed by atoms with Crippen molar-refractivity contribution in [3.63, 3.8) is 0 Å². The van der Waals surface area contributed by atoms with E-state index in [4.69, 9.17) is 9.97 Å². The number of aryl methyl sites for hydroxylation is 1. The SMILES string of the molecule is Cc1ccc2nc(N3CCCCC3)nc(N3CCCCC3)c2c1. The first-order chi connectivity index (χ1) is 11.3. The second kappa shape index (κ2) is 6.34. The van der Waals surface area contributed by atoms with Gasteiger partial charge < -0.3 is 9.80 Å². The van der Waals surface area contributed by atoms with Gasteiger partial charge in [0.15, 0.2) is 0 Å². The number of hydrogen-bond donors (Lipinski definition) is 0. The lowest BCUT2D eigenvalue weighted by Gasteiger charge is -2.31. The van der Waals surface area contributed by atoms with Gasteiger partial charge in [0.1, 0.15) is 5.82 Å². The maximum Gasteiger partial charge on any atom is 0.227 e. The predicted octanol–water partition coefficient (Wildman–Crippen LogP) is 3.92. The molecule has 4 heteroatoms. The van der Waals surface area contributed by atoms with E-state index in [9.17, 15) is 0 Å². The Bertz CT molecular complexity index is 685. The summed E-state index contributed by atoms with van der Waals surface area (Å²) in [5.74, 6) is 2.08. The maximum absolute atomic E-state index is 5.03. The van der Waals surface area contributed by atoms with Crippen LogP contribution >= 0.6 is 0 Å². The Morgan fingerprint density at radius 3 is 2.13 bits per heavy atom. The molecule has 0 radical (unpaired) electrons.